The van der Waals surface area contributed by atoms with Crippen molar-refractivity contribution in [3.8, 4) is 0 Å². The Morgan fingerprint density at radius 1 is 1.15 bits per heavy atom. The van der Waals surface area contributed by atoms with Gasteiger partial charge >= 0.3 is 0 Å². The summed E-state index contributed by atoms with van der Waals surface area (Å²) in [6.45, 7) is 6.98. The van der Waals surface area contributed by atoms with Crippen LogP contribution in [0.2, 0.25) is 0 Å². The molecule has 0 unspecified atom stereocenters. The summed E-state index contributed by atoms with van der Waals surface area (Å²) in [7, 11) is -4.07. The summed E-state index contributed by atoms with van der Waals surface area (Å²) in [6.07, 6.45) is 8.39. The van der Waals surface area contributed by atoms with E-state index in [-0.39, 0.29) is 29.4 Å². The zero-order valence-electron chi connectivity index (χ0n) is 21.0. The second-order valence-corrected chi connectivity index (χ2v) is 14.0. The molecule has 0 aromatic carbocycles. The Labute approximate surface area is 204 Å². The Hall–Kier alpha value is -0.990. The van der Waals surface area contributed by atoms with Crippen LogP contribution in [0.3, 0.4) is 0 Å². The number of Topliss-reactive ketones (excluding diaryl/α,β-unsaturated/α-hetero) is 1. The molecule has 0 saturated heterocycles. The normalized spacial score (nSPS) is 42.9. The van der Waals surface area contributed by atoms with Gasteiger partial charge in [-0.25, -0.2) is 0 Å². The Morgan fingerprint density at radius 2 is 1.85 bits per heavy atom. The lowest BCUT2D eigenvalue weighted by atomic mass is 9.44. The Morgan fingerprint density at radius 3 is 2.56 bits per heavy atom. The van der Waals surface area contributed by atoms with Crippen LogP contribution in [0.1, 0.15) is 85.0 Å². The van der Waals surface area contributed by atoms with Crippen molar-refractivity contribution in [2.75, 3.05) is 12.3 Å². The lowest BCUT2D eigenvalue weighted by Gasteiger charge is -2.62. The first kappa shape index (κ1) is 26.1. The molecular formula is C26H43NO6S. The Kier molecular flexibility index (Phi) is 7.27. The molecule has 4 saturated carbocycles. The van der Waals surface area contributed by atoms with Crippen molar-refractivity contribution in [1.29, 1.82) is 0 Å². The third-order valence-electron chi connectivity index (χ3n) is 10.8. The van der Waals surface area contributed by atoms with Crippen LogP contribution >= 0.6 is 0 Å². The molecule has 194 valence electrons. The van der Waals surface area contributed by atoms with E-state index in [1.807, 2.05) is 0 Å². The summed E-state index contributed by atoms with van der Waals surface area (Å²) in [5.74, 6) is 2.24. The molecule has 0 spiro atoms. The molecule has 7 nitrogen and oxygen atoms in total. The van der Waals surface area contributed by atoms with E-state index in [4.69, 9.17) is 4.55 Å². The summed E-state index contributed by atoms with van der Waals surface area (Å²) in [6, 6.07) is 0. The number of rotatable bonds is 7. The van der Waals surface area contributed by atoms with Gasteiger partial charge in [0.05, 0.1) is 11.9 Å². The van der Waals surface area contributed by atoms with Gasteiger partial charge in [-0.3, -0.25) is 14.1 Å². The highest BCUT2D eigenvalue weighted by atomic mass is 32.2. The molecule has 0 aromatic rings. The number of amides is 1. The Bertz CT molecular complexity index is 905. The van der Waals surface area contributed by atoms with E-state index < -0.39 is 15.9 Å². The molecule has 3 N–H and O–H groups in total. The molecule has 4 aliphatic carbocycles. The van der Waals surface area contributed by atoms with Crippen molar-refractivity contribution >= 4 is 21.8 Å². The van der Waals surface area contributed by atoms with Crippen LogP contribution in [0.15, 0.2) is 0 Å². The van der Waals surface area contributed by atoms with E-state index in [0.717, 1.165) is 44.9 Å². The molecule has 4 fully saturated rings. The lowest BCUT2D eigenvalue weighted by Crippen LogP contribution is -2.58. The minimum atomic E-state index is -4.07. The highest BCUT2D eigenvalue weighted by molar-refractivity contribution is 7.85. The highest BCUT2D eigenvalue weighted by Crippen LogP contribution is 2.68. The number of aliphatic hydroxyl groups excluding tert-OH is 1. The van der Waals surface area contributed by atoms with Gasteiger partial charge in [-0.2, -0.15) is 8.42 Å². The zero-order chi connectivity index (χ0) is 24.9. The van der Waals surface area contributed by atoms with E-state index in [2.05, 4.69) is 26.1 Å². The van der Waals surface area contributed by atoms with Gasteiger partial charge in [0.1, 0.15) is 5.78 Å². The van der Waals surface area contributed by atoms with Crippen LogP contribution in [0, 0.1) is 46.3 Å². The first-order valence-corrected chi connectivity index (χ1v) is 14.9. The fraction of sp³-hybridized carbons (Fsp3) is 0.923. The van der Waals surface area contributed by atoms with Gasteiger partial charge in [0.25, 0.3) is 10.1 Å². The molecular weight excluding hydrogens is 454 g/mol. The van der Waals surface area contributed by atoms with Gasteiger partial charge in [0.15, 0.2) is 0 Å². The summed E-state index contributed by atoms with van der Waals surface area (Å²) in [5.41, 5.74) is 0.333. The van der Waals surface area contributed by atoms with Crippen molar-refractivity contribution < 1.29 is 27.7 Å². The summed E-state index contributed by atoms with van der Waals surface area (Å²) in [4.78, 5) is 24.3. The SMILES string of the molecule is C[C@H](CCC(=O)NCCS(=O)(=O)O)[C@H]1CC[C@H]2[C@@H]3[C@@H](O)C[C@@H]4CC(=O)CC[C@]4(C)[C@H]3CC[C@]12C. The van der Waals surface area contributed by atoms with Crippen molar-refractivity contribution in [2.45, 2.75) is 91.1 Å². The van der Waals surface area contributed by atoms with Gasteiger partial charge in [-0.15, -0.1) is 0 Å². The number of nitrogens with one attached hydrogen (secondary N) is 1. The third kappa shape index (κ3) is 4.83. The minimum Gasteiger partial charge on any atom is -0.393 e. The smallest absolute Gasteiger partial charge is 0.266 e. The first-order valence-electron chi connectivity index (χ1n) is 13.3. The topological polar surface area (TPSA) is 121 Å². The number of fused-ring (bicyclic) bond motifs is 5. The molecule has 9 atom stereocenters. The predicted molar refractivity (Wildman–Crippen MR) is 129 cm³/mol. The Balaban J connectivity index is 1.39. The van der Waals surface area contributed by atoms with Gasteiger partial charge in [-0.05, 0) is 91.3 Å². The van der Waals surface area contributed by atoms with E-state index >= 15 is 0 Å². The predicted octanol–water partition coefficient (Wildman–Crippen LogP) is 3.61. The summed E-state index contributed by atoms with van der Waals surface area (Å²) >= 11 is 0. The monoisotopic (exact) mass is 497 g/mol. The van der Waals surface area contributed by atoms with Crippen LogP contribution in [0.25, 0.3) is 0 Å². The fourth-order valence-corrected chi connectivity index (χ4v) is 9.32. The minimum absolute atomic E-state index is 0.0679. The maximum absolute atomic E-state index is 12.2. The number of carbonyl (C=O) groups is 2. The van der Waals surface area contributed by atoms with Crippen molar-refractivity contribution in [3.63, 3.8) is 0 Å². The van der Waals surface area contributed by atoms with Crippen molar-refractivity contribution in [3.05, 3.63) is 0 Å². The molecule has 0 heterocycles. The maximum atomic E-state index is 12.2. The quantitative estimate of drug-likeness (QED) is 0.462. The number of ketones is 1. The van der Waals surface area contributed by atoms with Crippen LogP contribution in [0.4, 0.5) is 0 Å². The van der Waals surface area contributed by atoms with Crippen LogP contribution in [-0.4, -0.2) is 48.2 Å². The number of aliphatic hydroxyl groups is 1. The number of hydrogen-bond donors (Lipinski definition) is 3. The van der Waals surface area contributed by atoms with Crippen LogP contribution in [0.5, 0.6) is 0 Å². The molecule has 0 radical (unpaired) electrons. The number of carbonyl (C=O) groups excluding carboxylic acids is 2. The zero-order valence-corrected chi connectivity index (χ0v) is 21.8. The van der Waals surface area contributed by atoms with Crippen LogP contribution in [-0.2, 0) is 19.7 Å². The molecule has 8 heteroatoms. The van der Waals surface area contributed by atoms with E-state index in [1.54, 1.807) is 0 Å². The van der Waals surface area contributed by atoms with E-state index in [9.17, 15) is 23.1 Å². The largest absolute Gasteiger partial charge is 0.393 e. The maximum Gasteiger partial charge on any atom is 0.266 e. The molecule has 0 bridgehead atoms. The molecule has 4 rings (SSSR count). The summed E-state index contributed by atoms with van der Waals surface area (Å²) in [5, 5.41) is 13.9. The number of hydrogen-bond acceptors (Lipinski definition) is 5. The van der Waals surface area contributed by atoms with Gasteiger partial charge in [0.2, 0.25) is 5.91 Å². The first-order chi connectivity index (χ1) is 15.8. The average molecular weight is 498 g/mol. The fourth-order valence-electron chi connectivity index (χ4n) is 8.96. The van der Waals surface area contributed by atoms with Gasteiger partial charge in [-0.1, -0.05) is 20.8 Å². The molecule has 0 aromatic heterocycles. The molecule has 4 aliphatic rings. The second kappa shape index (κ2) is 9.47. The standard InChI is InChI=1S/C26H43NO6S/c1-16(4-7-23(30)27-12-13-34(31,32)33)19-5-6-20-24-21(9-11-26(19,20)3)25(2)10-8-18(28)14-17(25)15-22(24)29/h16-17,19-22,24,29H,4-15H2,1-3H3,(H,27,30)(H,31,32,33)/t16-,17+,19-,20+,21+,22+,24+,25+,26-/m1/s1. The highest BCUT2D eigenvalue weighted by Gasteiger charge is 2.62. The molecule has 34 heavy (non-hydrogen) atoms. The average Bonchev–Trinajstić information content (AvgIpc) is 3.09. The van der Waals surface area contributed by atoms with Gasteiger partial charge in [0, 0.05) is 25.8 Å². The molecule has 1 amide bonds. The van der Waals surface area contributed by atoms with Gasteiger partial charge < -0.3 is 10.4 Å². The third-order valence-corrected chi connectivity index (χ3v) is 11.5. The van der Waals surface area contributed by atoms with Crippen LogP contribution < -0.4 is 5.32 Å². The van der Waals surface area contributed by atoms with Crippen molar-refractivity contribution in [2.24, 2.45) is 46.3 Å². The van der Waals surface area contributed by atoms with Crippen molar-refractivity contribution in [1.82, 2.24) is 5.32 Å². The second-order valence-electron chi connectivity index (χ2n) is 12.4. The lowest BCUT2D eigenvalue weighted by molar-refractivity contribution is -0.168. The summed E-state index contributed by atoms with van der Waals surface area (Å²) < 4.78 is 30.5. The van der Waals surface area contributed by atoms with E-state index in [1.165, 1.54) is 0 Å². The van der Waals surface area contributed by atoms with E-state index in [0.29, 0.717) is 60.6 Å². The molecule has 0 aliphatic heterocycles.